The van der Waals surface area contributed by atoms with Crippen LogP contribution in [0.1, 0.15) is 12.0 Å². The van der Waals surface area contributed by atoms with Crippen LogP contribution >= 0.6 is 0 Å². The zero-order chi connectivity index (χ0) is 13.0. The van der Waals surface area contributed by atoms with Crippen LogP contribution in [0.25, 0.3) is 11.3 Å². The van der Waals surface area contributed by atoms with Crippen LogP contribution < -0.4 is 5.56 Å². The number of hydrogen-bond acceptors (Lipinski definition) is 3. The molecule has 1 aromatic carbocycles. The SMILES string of the molecule is Cn1nc(-c2ccc(CCCO)cc2)ccc1=O. The molecular formula is C14H16N2O2. The van der Waals surface area contributed by atoms with Gasteiger partial charge in [0.15, 0.2) is 0 Å². The molecule has 4 nitrogen and oxygen atoms in total. The lowest BCUT2D eigenvalue weighted by Gasteiger charge is -2.04. The van der Waals surface area contributed by atoms with Crippen molar-refractivity contribution in [2.45, 2.75) is 12.8 Å². The largest absolute Gasteiger partial charge is 0.396 e. The van der Waals surface area contributed by atoms with Crippen molar-refractivity contribution in [1.82, 2.24) is 9.78 Å². The van der Waals surface area contributed by atoms with E-state index in [1.54, 1.807) is 13.1 Å². The van der Waals surface area contributed by atoms with E-state index in [1.165, 1.54) is 16.3 Å². The molecule has 4 heteroatoms. The molecule has 0 atom stereocenters. The van der Waals surface area contributed by atoms with E-state index in [1.807, 2.05) is 24.3 Å². The smallest absolute Gasteiger partial charge is 0.266 e. The molecule has 0 aliphatic carbocycles. The molecule has 18 heavy (non-hydrogen) atoms. The third-order valence-electron chi connectivity index (χ3n) is 2.83. The van der Waals surface area contributed by atoms with Crippen LogP contribution in [-0.4, -0.2) is 21.5 Å². The Morgan fingerprint density at radius 3 is 2.50 bits per heavy atom. The van der Waals surface area contributed by atoms with Crippen LogP contribution in [0.2, 0.25) is 0 Å². The molecule has 0 aliphatic rings. The molecule has 0 fully saturated rings. The van der Waals surface area contributed by atoms with Crippen molar-refractivity contribution < 1.29 is 5.11 Å². The third kappa shape index (κ3) is 2.84. The Labute approximate surface area is 106 Å². The van der Waals surface area contributed by atoms with Gasteiger partial charge < -0.3 is 5.11 Å². The van der Waals surface area contributed by atoms with E-state index >= 15 is 0 Å². The maximum absolute atomic E-state index is 11.3. The summed E-state index contributed by atoms with van der Waals surface area (Å²) in [6, 6.07) is 11.3. The van der Waals surface area contributed by atoms with Gasteiger partial charge in [-0.2, -0.15) is 5.10 Å². The van der Waals surface area contributed by atoms with Crippen molar-refractivity contribution in [3.8, 4) is 11.3 Å². The van der Waals surface area contributed by atoms with Gasteiger partial charge in [-0.25, -0.2) is 4.68 Å². The minimum atomic E-state index is -0.113. The number of aromatic nitrogens is 2. The van der Waals surface area contributed by atoms with Crippen LogP contribution in [0.4, 0.5) is 0 Å². The number of hydrogen-bond donors (Lipinski definition) is 1. The molecule has 0 radical (unpaired) electrons. The number of aryl methyl sites for hydroxylation is 2. The second-order valence-electron chi connectivity index (χ2n) is 4.20. The summed E-state index contributed by atoms with van der Waals surface area (Å²) in [6.07, 6.45) is 1.65. The average molecular weight is 244 g/mol. The van der Waals surface area contributed by atoms with Crippen LogP contribution in [-0.2, 0) is 13.5 Å². The molecule has 2 rings (SSSR count). The fourth-order valence-electron chi connectivity index (χ4n) is 1.78. The van der Waals surface area contributed by atoms with Crippen LogP contribution in [0.3, 0.4) is 0 Å². The number of nitrogens with zero attached hydrogens (tertiary/aromatic N) is 2. The molecule has 0 unspecified atom stereocenters. The fourth-order valence-corrected chi connectivity index (χ4v) is 1.78. The molecular weight excluding hydrogens is 228 g/mol. The Morgan fingerprint density at radius 1 is 1.17 bits per heavy atom. The van der Waals surface area contributed by atoms with Crippen molar-refractivity contribution >= 4 is 0 Å². The molecule has 1 aromatic heterocycles. The molecule has 0 saturated heterocycles. The van der Waals surface area contributed by atoms with Crippen molar-refractivity contribution in [1.29, 1.82) is 0 Å². The van der Waals surface area contributed by atoms with Crippen LogP contribution in [0, 0.1) is 0 Å². The second-order valence-corrected chi connectivity index (χ2v) is 4.20. The molecule has 1 heterocycles. The first-order valence-corrected chi connectivity index (χ1v) is 5.95. The summed E-state index contributed by atoms with van der Waals surface area (Å²) >= 11 is 0. The first-order valence-electron chi connectivity index (χ1n) is 5.95. The number of benzene rings is 1. The maximum atomic E-state index is 11.3. The van der Waals surface area contributed by atoms with E-state index in [9.17, 15) is 4.79 Å². The van der Waals surface area contributed by atoms with Gasteiger partial charge in [-0.1, -0.05) is 24.3 Å². The summed E-state index contributed by atoms with van der Waals surface area (Å²) in [5, 5.41) is 13.0. The Kier molecular flexibility index (Phi) is 3.89. The van der Waals surface area contributed by atoms with E-state index in [-0.39, 0.29) is 12.2 Å². The third-order valence-corrected chi connectivity index (χ3v) is 2.83. The first kappa shape index (κ1) is 12.5. The summed E-state index contributed by atoms with van der Waals surface area (Å²) < 4.78 is 1.33. The zero-order valence-corrected chi connectivity index (χ0v) is 10.3. The summed E-state index contributed by atoms with van der Waals surface area (Å²) in [6.45, 7) is 0.212. The van der Waals surface area contributed by atoms with E-state index in [0.717, 1.165) is 24.1 Å². The Morgan fingerprint density at radius 2 is 1.89 bits per heavy atom. The van der Waals surface area contributed by atoms with Gasteiger partial charge in [-0.05, 0) is 24.5 Å². The Balaban J connectivity index is 2.23. The van der Waals surface area contributed by atoms with Gasteiger partial charge >= 0.3 is 0 Å². The highest BCUT2D eigenvalue weighted by Crippen LogP contribution is 2.16. The van der Waals surface area contributed by atoms with Gasteiger partial charge in [0.2, 0.25) is 0 Å². The van der Waals surface area contributed by atoms with Gasteiger partial charge in [0.25, 0.3) is 5.56 Å². The molecule has 0 spiro atoms. The average Bonchev–Trinajstić information content (AvgIpc) is 2.40. The summed E-state index contributed by atoms with van der Waals surface area (Å²) in [5.74, 6) is 0. The Bertz CT molecular complexity index is 573. The predicted molar refractivity (Wildman–Crippen MR) is 70.3 cm³/mol. The van der Waals surface area contributed by atoms with Crippen molar-refractivity contribution in [3.05, 3.63) is 52.3 Å². The highest BCUT2D eigenvalue weighted by atomic mass is 16.2. The Hall–Kier alpha value is -1.94. The highest BCUT2D eigenvalue weighted by molar-refractivity contribution is 5.58. The van der Waals surface area contributed by atoms with E-state index < -0.39 is 0 Å². The number of rotatable bonds is 4. The standard InChI is InChI=1S/C14H16N2O2/c1-16-14(18)9-8-13(15-16)12-6-4-11(5-7-12)3-2-10-17/h4-9,17H,2-3,10H2,1H3. The molecule has 0 bridgehead atoms. The van der Waals surface area contributed by atoms with Crippen molar-refractivity contribution in [2.24, 2.45) is 7.05 Å². The molecule has 1 N–H and O–H groups in total. The minimum Gasteiger partial charge on any atom is -0.396 e. The summed E-state index contributed by atoms with van der Waals surface area (Å²) in [4.78, 5) is 11.3. The minimum absolute atomic E-state index is 0.113. The van der Waals surface area contributed by atoms with Gasteiger partial charge in [0.1, 0.15) is 0 Å². The lowest BCUT2D eigenvalue weighted by molar-refractivity contribution is 0.288. The number of aliphatic hydroxyl groups excluding tert-OH is 1. The lowest BCUT2D eigenvalue weighted by atomic mass is 10.1. The molecule has 94 valence electrons. The van der Waals surface area contributed by atoms with Crippen molar-refractivity contribution in [3.63, 3.8) is 0 Å². The molecule has 0 saturated carbocycles. The van der Waals surface area contributed by atoms with Gasteiger partial charge in [-0.15, -0.1) is 0 Å². The maximum Gasteiger partial charge on any atom is 0.266 e. The fraction of sp³-hybridized carbons (Fsp3) is 0.286. The van der Waals surface area contributed by atoms with Gasteiger partial charge in [-0.3, -0.25) is 4.79 Å². The van der Waals surface area contributed by atoms with E-state index in [4.69, 9.17) is 5.11 Å². The van der Waals surface area contributed by atoms with Gasteiger partial charge in [0, 0.05) is 25.3 Å². The first-order chi connectivity index (χ1) is 8.70. The second kappa shape index (κ2) is 5.60. The normalized spacial score (nSPS) is 10.6. The monoisotopic (exact) mass is 244 g/mol. The van der Waals surface area contributed by atoms with Crippen molar-refractivity contribution in [2.75, 3.05) is 6.61 Å². The van der Waals surface area contributed by atoms with Gasteiger partial charge in [0.05, 0.1) is 5.69 Å². The summed E-state index contributed by atoms with van der Waals surface area (Å²) in [5.41, 5.74) is 2.85. The van der Waals surface area contributed by atoms with Crippen LogP contribution in [0.5, 0.6) is 0 Å². The quantitative estimate of drug-likeness (QED) is 0.883. The van der Waals surface area contributed by atoms with E-state index in [0.29, 0.717) is 0 Å². The predicted octanol–water partition coefficient (Wildman–Crippen LogP) is 1.37. The molecule has 0 aliphatic heterocycles. The topological polar surface area (TPSA) is 55.1 Å². The van der Waals surface area contributed by atoms with Crippen LogP contribution in [0.15, 0.2) is 41.2 Å². The van der Waals surface area contributed by atoms with E-state index in [2.05, 4.69) is 5.10 Å². The summed E-state index contributed by atoms with van der Waals surface area (Å²) in [7, 11) is 1.64. The highest BCUT2D eigenvalue weighted by Gasteiger charge is 2.01. The lowest BCUT2D eigenvalue weighted by Crippen LogP contribution is -2.18. The molecule has 0 amide bonds. The zero-order valence-electron chi connectivity index (χ0n) is 10.3. The number of aliphatic hydroxyl groups is 1. The molecule has 2 aromatic rings.